The number of hydrogen-bond donors (Lipinski definition) is 2. The van der Waals surface area contributed by atoms with Crippen LogP contribution in [0.4, 0.5) is 0 Å². The fraction of sp³-hybridized carbons (Fsp3) is 0.429. The zero-order valence-electron chi connectivity index (χ0n) is 11.7. The zero-order chi connectivity index (χ0) is 14.5. The van der Waals surface area contributed by atoms with Gasteiger partial charge in [0, 0.05) is 12.6 Å². The van der Waals surface area contributed by atoms with Crippen LogP contribution in [0.25, 0.3) is 0 Å². The number of hydrogen-bond acceptors (Lipinski definition) is 4. The van der Waals surface area contributed by atoms with E-state index in [9.17, 15) is 4.79 Å². The summed E-state index contributed by atoms with van der Waals surface area (Å²) in [5.74, 6) is 0. The van der Waals surface area contributed by atoms with Gasteiger partial charge in [-0.15, -0.1) is 5.10 Å². The van der Waals surface area contributed by atoms with Crippen LogP contribution in [0.5, 0.6) is 0 Å². The van der Waals surface area contributed by atoms with Gasteiger partial charge in [0.2, 0.25) is 0 Å². The predicted molar refractivity (Wildman–Crippen MR) is 81.8 cm³/mol. The third kappa shape index (κ3) is 3.32. The highest BCUT2D eigenvalue weighted by molar-refractivity contribution is 7.99. The minimum absolute atomic E-state index is 0.0377. The van der Waals surface area contributed by atoms with Crippen LogP contribution in [0.1, 0.15) is 31.1 Å². The number of nitrogens with one attached hydrogen (secondary N) is 1. The Balaban J connectivity index is 2.28. The van der Waals surface area contributed by atoms with Crippen molar-refractivity contribution in [1.82, 2.24) is 14.8 Å². The number of benzene rings is 1. The molecular formula is C14H20N4OS. The van der Waals surface area contributed by atoms with Crippen LogP contribution in [-0.4, -0.2) is 20.8 Å². The molecule has 2 atom stereocenters. The van der Waals surface area contributed by atoms with Crippen LogP contribution >= 0.6 is 11.8 Å². The first-order chi connectivity index (χ1) is 9.63. The third-order valence-electron chi connectivity index (χ3n) is 3.01. The summed E-state index contributed by atoms with van der Waals surface area (Å²) < 4.78 is 1.67. The number of nitrogens with two attached hydrogens (primary N) is 1. The SMILES string of the molecule is CCCn1c(SC(c2ccccc2)C(C)N)n[nH]c1=O. The van der Waals surface area contributed by atoms with Crippen LogP contribution in [-0.2, 0) is 6.54 Å². The molecule has 108 valence electrons. The Morgan fingerprint density at radius 2 is 2.10 bits per heavy atom. The van der Waals surface area contributed by atoms with Crippen LogP contribution in [0.15, 0.2) is 40.3 Å². The van der Waals surface area contributed by atoms with E-state index >= 15 is 0 Å². The fourth-order valence-corrected chi connectivity index (χ4v) is 3.18. The summed E-state index contributed by atoms with van der Waals surface area (Å²) in [6, 6.07) is 10.0. The minimum atomic E-state index is -0.161. The Labute approximate surface area is 122 Å². The number of nitrogens with zero attached hydrogens (tertiary/aromatic N) is 2. The lowest BCUT2D eigenvalue weighted by molar-refractivity contribution is 0.600. The molecule has 20 heavy (non-hydrogen) atoms. The van der Waals surface area contributed by atoms with Gasteiger partial charge in [-0.1, -0.05) is 49.0 Å². The Morgan fingerprint density at radius 3 is 2.70 bits per heavy atom. The summed E-state index contributed by atoms with van der Waals surface area (Å²) in [6.45, 7) is 4.67. The lowest BCUT2D eigenvalue weighted by Crippen LogP contribution is -2.23. The quantitative estimate of drug-likeness (QED) is 0.800. The molecule has 5 nitrogen and oxygen atoms in total. The average Bonchev–Trinajstić information content (AvgIpc) is 2.78. The summed E-state index contributed by atoms with van der Waals surface area (Å²) in [5.41, 5.74) is 7.08. The van der Waals surface area contributed by atoms with E-state index < -0.39 is 0 Å². The van der Waals surface area contributed by atoms with Gasteiger partial charge >= 0.3 is 5.69 Å². The minimum Gasteiger partial charge on any atom is -0.327 e. The topological polar surface area (TPSA) is 76.7 Å². The molecule has 0 aliphatic rings. The summed E-state index contributed by atoms with van der Waals surface area (Å²) in [6.07, 6.45) is 0.890. The van der Waals surface area contributed by atoms with Crippen molar-refractivity contribution in [2.24, 2.45) is 5.73 Å². The van der Waals surface area contributed by atoms with E-state index in [4.69, 9.17) is 5.73 Å². The first-order valence-corrected chi connectivity index (χ1v) is 7.63. The molecule has 1 heterocycles. The van der Waals surface area contributed by atoms with Gasteiger partial charge < -0.3 is 5.73 Å². The van der Waals surface area contributed by atoms with Crippen molar-refractivity contribution in [3.8, 4) is 0 Å². The first kappa shape index (κ1) is 14.9. The summed E-state index contributed by atoms with van der Waals surface area (Å²) in [4.78, 5) is 11.7. The number of aromatic amines is 1. The van der Waals surface area contributed by atoms with E-state index in [0.717, 1.165) is 12.0 Å². The largest absolute Gasteiger partial charge is 0.343 e. The molecule has 6 heteroatoms. The van der Waals surface area contributed by atoms with Crippen molar-refractivity contribution >= 4 is 11.8 Å². The van der Waals surface area contributed by atoms with Crippen LogP contribution in [0, 0.1) is 0 Å². The maximum absolute atomic E-state index is 11.7. The van der Waals surface area contributed by atoms with Crippen LogP contribution in [0.2, 0.25) is 0 Å². The zero-order valence-corrected chi connectivity index (χ0v) is 12.6. The molecule has 2 aromatic rings. The van der Waals surface area contributed by atoms with E-state index in [1.165, 1.54) is 11.8 Å². The van der Waals surface area contributed by atoms with Gasteiger partial charge in [-0.2, -0.15) is 0 Å². The van der Waals surface area contributed by atoms with Gasteiger partial charge in [-0.3, -0.25) is 4.57 Å². The highest BCUT2D eigenvalue weighted by Crippen LogP contribution is 2.35. The maximum atomic E-state index is 11.7. The average molecular weight is 292 g/mol. The van der Waals surface area contributed by atoms with Crippen molar-refractivity contribution < 1.29 is 0 Å². The molecule has 0 bridgehead atoms. The Bertz CT molecular complexity index is 591. The van der Waals surface area contributed by atoms with Crippen molar-refractivity contribution in [2.75, 3.05) is 0 Å². The normalized spacial score (nSPS) is 14.2. The standard InChI is InChI=1S/C14H20N4OS/c1-3-9-18-13(19)16-17-14(18)20-12(10(2)15)11-7-5-4-6-8-11/h4-8,10,12H,3,9,15H2,1-2H3,(H,16,19). The molecule has 0 saturated heterocycles. The van der Waals surface area contributed by atoms with Gasteiger partial charge in [-0.05, 0) is 18.9 Å². The highest BCUT2D eigenvalue weighted by atomic mass is 32.2. The second kappa shape index (κ2) is 6.76. The van der Waals surface area contributed by atoms with E-state index in [0.29, 0.717) is 11.7 Å². The number of rotatable bonds is 6. The molecule has 0 aliphatic carbocycles. The number of aromatic nitrogens is 3. The second-order valence-electron chi connectivity index (χ2n) is 4.77. The maximum Gasteiger partial charge on any atom is 0.343 e. The molecule has 0 radical (unpaired) electrons. The molecule has 3 N–H and O–H groups in total. The van der Waals surface area contributed by atoms with E-state index in [2.05, 4.69) is 22.3 Å². The monoisotopic (exact) mass is 292 g/mol. The van der Waals surface area contributed by atoms with Crippen LogP contribution < -0.4 is 11.4 Å². The summed E-state index contributed by atoms with van der Waals surface area (Å²) >= 11 is 1.53. The van der Waals surface area contributed by atoms with E-state index in [-0.39, 0.29) is 17.0 Å². The Kier molecular flexibility index (Phi) is 5.03. The smallest absolute Gasteiger partial charge is 0.327 e. The number of H-pyrrole nitrogens is 1. The first-order valence-electron chi connectivity index (χ1n) is 6.76. The lowest BCUT2D eigenvalue weighted by atomic mass is 10.1. The summed E-state index contributed by atoms with van der Waals surface area (Å²) in [7, 11) is 0. The fourth-order valence-electron chi connectivity index (χ4n) is 2.05. The van der Waals surface area contributed by atoms with Crippen molar-refractivity contribution in [2.45, 2.75) is 43.3 Å². The van der Waals surface area contributed by atoms with Gasteiger partial charge in [0.15, 0.2) is 5.16 Å². The Hall–Kier alpha value is -1.53. The van der Waals surface area contributed by atoms with Gasteiger partial charge in [-0.25, -0.2) is 9.89 Å². The van der Waals surface area contributed by atoms with Crippen molar-refractivity contribution in [3.63, 3.8) is 0 Å². The molecule has 1 aromatic heterocycles. The van der Waals surface area contributed by atoms with Gasteiger partial charge in [0.25, 0.3) is 0 Å². The Morgan fingerprint density at radius 1 is 1.40 bits per heavy atom. The van der Waals surface area contributed by atoms with E-state index in [1.54, 1.807) is 4.57 Å². The van der Waals surface area contributed by atoms with Crippen molar-refractivity contribution in [1.29, 1.82) is 0 Å². The molecule has 0 spiro atoms. The second-order valence-corrected chi connectivity index (χ2v) is 5.88. The third-order valence-corrected chi connectivity index (χ3v) is 4.49. The lowest BCUT2D eigenvalue weighted by Gasteiger charge is -2.20. The highest BCUT2D eigenvalue weighted by Gasteiger charge is 2.21. The molecule has 2 rings (SSSR count). The molecule has 1 aromatic carbocycles. The molecule has 0 saturated carbocycles. The molecule has 2 unspecified atom stereocenters. The van der Waals surface area contributed by atoms with Gasteiger partial charge in [0.05, 0.1) is 5.25 Å². The molecule has 0 fully saturated rings. The molecule has 0 aliphatic heterocycles. The van der Waals surface area contributed by atoms with Gasteiger partial charge in [0.1, 0.15) is 0 Å². The number of thioether (sulfide) groups is 1. The molecular weight excluding hydrogens is 272 g/mol. The summed E-state index contributed by atoms with van der Waals surface area (Å²) in [5, 5.41) is 7.40. The van der Waals surface area contributed by atoms with E-state index in [1.807, 2.05) is 32.0 Å². The predicted octanol–water partition coefficient (Wildman–Crippen LogP) is 2.16. The van der Waals surface area contributed by atoms with Crippen molar-refractivity contribution in [3.05, 3.63) is 46.4 Å². The van der Waals surface area contributed by atoms with Crippen LogP contribution in [0.3, 0.4) is 0 Å². The molecule has 0 amide bonds.